The lowest BCUT2D eigenvalue weighted by Gasteiger charge is -2.44. The molecule has 2 bridgehead atoms. The van der Waals surface area contributed by atoms with Crippen LogP contribution in [0.25, 0.3) is 5.57 Å². The van der Waals surface area contributed by atoms with E-state index in [0.717, 1.165) is 12.0 Å². The Bertz CT molecular complexity index is 631. The molecule has 2 aliphatic heterocycles. The Balaban J connectivity index is 1.82. The number of rotatable bonds is 2. The topological polar surface area (TPSA) is 64.8 Å². The van der Waals surface area contributed by atoms with E-state index in [1.807, 2.05) is 25.7 Å². The first kappa shape index (κ1) is 17.0. The van der Waals surface area contributed by atoms with Gasteiger partial charge in [-0.1, -0.05) is 30.3 Å². The summed E-state index contributed by atoms with van der Waals surface area (Å²) in [4.78, 5) is 14.4. The van der Waals surface area contributed by atoms with Gasteiger partial charge in [-0.25, -0.2) is 4.79 Å². The monoisotopic (exact) mass is 330 g/mol. The molecule has 3 rings (SSSR count). The van der Waals surface area contributed by atoms with E-state index in [1.54, 1.807) is 0 Å². The molecule has 1 fully saturated rings. The average Bonchev–Trinajstić information content (AvgIpc) is 2.52. The van der Waals surface area contributed by atoms with Crippen LogP contribution < -0.4 is 5.73 Å². The summed E-state index contributed by atoms with van der Waals surface area (Å²) in [6.45, 7) is 7.28. The van der Waals surface area contributed by atoms with Crippen molar-refractivity contribution < 1.29 is 14.3 Å². The van der Waals surface area contributed by atoms with E-state index < -0.39 is 5.60 Å². The van der Waals surface area contributed by atoms with Crippen LogP contribution in [-0.4, -0.2) is 41.9 Å². The van der Waals surface area contributed by atoms with E-state index in [1.165, 1.54) is 11.1 Å². The van der Waals surface area contributed by atoms with Crippen LogP contribution in [0.2, 0.25) is 0 Å². The van der Waals surface area contributed by atoms with E-state index in [-0.39, 0.29) is 18.2 Å². The molecular weight excluding hydrogens is 304 g/mol. The van der Waals surface area contributed by atoms with Crippen LogP contribution in [0.4, 0.5) is 4.79 Å². The first-order valence-corrected chi connectivity index (χ1v) is 8.46. The molecular formula is C19H26N2O3. The summed E-state index contributed by atoms with van der Waals surface area (Å²) in [6.07, 6.45) is 2.66. The average molecular weight is 330 g/mol. The number of carbonyl (C=O) groups is 1. The number of nitrogens with two attached hydrogens (primary N) is 1. The van der Waals surface area contributed by atoms with Crippen LogP contribution >= 0.6 is 0 Å². The zero-order valence-electron chi connectivity index (χ0n) is 14.6. The fraction of sp³-hybridized carbons (Fsp3) is 0.526. The molecule has 0 saturated carbocycles. The van der Waals surface area contributed by atoms with Crippen molar-refractivity contribution in [2.75, 3.05) is 13.2 Å². The molecule has 5 nitrogen and oxygen atoms in total. The molecule has 2 aliphatic rings. The molecule has 2 heterocycles. The molecule has 0 aliphatic carbocycles. The van der Waals surface area contributed by atoms with Gasteiger partial charge in [0.2, 0.25) is 0 Å². The summed E-state index contributed by atoms with van der Waals surface area (Å²) < 4.78 is 11.2. The van der Waals surface area contributed by atoms with Crippen molar-refractivity contribution in [2.45, 2.75) is 51.4 Å². The van der Waals surface area contributed by atoms with E-state index >= 15 is 0 Å². The van der Waals surface area contributed by atoms with Crippen molar-refractivity contribution in [3.05, 3.63) is 41.5 Å². The van der Waals surface area contributed by atoms with E-state index in [2.05, 4.69) is 30.3 Å². The maximum Gasteiger partial charge on any atom is 0.411 e. The lowest BCUT2D eigenvalue weighted by Crippen LogP contribution is -2.57. The second-order valence-electron chi connectivity index (χ2n) is 7.44. The maximum absolute atomic E-state index is 12.6. The highest BCUT2D eigenvalue weighted by molar-refractivity contribution is 5.74. The van der Waals surface area contributed by atoms with Crippen LogP contribution in [0.1, 0.15) is 38.3 Å². The van der Waals surface area contributed by atoms with Crippen molar-refractivity contribution in [3.8, 4) is 0 Å². The molecule has 5 heteroatoms. The van der Waals surface area contributed by atoms with E-state index in [9.17, 15) is 4.79 Å². The first-order chi connectivity index (χ1) is 11.4. The van der Waals surface area contributed by atoms with Gasteiger partial charge in [0.15, 0.2) is 0 Å². The summed E-state index contributed by atoms with van der Waals surface area (Å²) in [5.41, 5.74) is 8.74. The predicted octanol–water partition coefficient (Wildman–Crippen LogP) is 2.94. The third kappa shape index (κ3) is 3.62. The van der Waals surface area contributed by atoms with Gasteiger partial charge in [-0.3, -0.25) is 4.90 Å². The van der Waals surface area contributed by atoms with Crippen molar-refractivity contribution in [2.24, 2.45) is 5.73 Å². The minimum Gasteiger partial charge on any atom is -0.444 e. The molecule has 0 aromatic heterocycles. The molecule has 0 radical (unpaired) electrons. The van der Waals surface area contributed by atoms with Crippen LogP contribution in [0.15, 0.2) is 30.3 Å². The fourth-order valence-corrected chi connectivity index (χ4v) is 3.26. The molecule has 1 aromatic carbocycles. The fourth-order valence-electron chi connectivity index (χ4n) is 3.26. The van der Waals surface area contributed by atoms with Crippen LogP contribution in [-0.2, 0) is 16.0 Å². The highest BCUT2D eigenvalue weighted by atomic mass is 16.6. The normalized spacial score (nSPS) is 23.7. The molecule has 2 unspecified atom stereocenters. The SMILES string of the molecule is CC(C)(C)OC(=O)N1C2C=C(c3ccc(CN)cc3)CC1COC2. The van der Waals surface area contributed by atoms with Gasteiger partial charge in [-0.2, -0.15) is 0 Å². The number of fused-ring (bicyclic) bond motifs is 2. The number of amides is 1. The number of benzene rings is 1. The number of ether oxygens (including phenoxy) is 2. The molecule has 130 valence electrons. The van der Waals surface area contributed by atoms with Gasteiger partial charge < -0.3 is 15.2 Å². The Morgan fingerprint density at radius 3 is 2.58 bits per heavy atom. The Hall–Kier alpha value is -1.85. The van der Waals surface area contributed by atoms with Crippen molar-refractivity contribution in [1.29, 1.82) is 0 Å². The molecule has 1 amide bonds. The largest absolute Gasteiger partial charge is 0.444 e. The summed E-state index contributed by atoms with van der Waals surface area (Å²) in [5, 5.41) is 0. The summed E-state index contributed by atoms with van der Waals surface area (Å²) in [6, 6.07) is 8.27. The van der Waals surface area contributed by atoms with E-state index in [4.69, 9.17) is 15.2 Å². The first-order valence-electron chi connectivity index (χ1n) is 8.46. The summed E-state index contributed by atoms with van der Waals surface area (Å²) in [7, 11) is 0. The highest BCUT2D eigenvalue weighted by Gasteiger charge is 2.40. The van der Waals surface area contributed by atoms with Gasteiger partial charge in [0.25, 0.3) is 0 Å². The Morgan fingerprint density at radius 1 is 1.29 bits per heavy atom. The predicted molar refractivity (Wildman–Crippen MR) is 93.4 cm³/mol. The van der Waals surface area contributed by atoms with Crippen LogP contribution in [0.3, 0.4) is 0 Å². The quantitative estimate of drug-likeness (QED) is 0.905. The Morgan fingerprint density at radius 2 is 2.00 bits per heavy atom. The molecule has 1 aromatic rings. The van der Waals surface area contributed by atoms with Crippen LogP contribution in [0, 0.1) is 0 Å². The third-order valence-corrected chi connectivity index (χ3v) is 4.36. The molecule has 24 heavy (non-hydrogen) atoms. The summed E-state index contributed by atoms with van der Waals surface area (Å²) >= 11 is 0. The molecule has 2 N–H and O–H groups in total. The molecule has 0 spiro atoms. The van der Waals surface area contributed by atoms with Gasteiger partial charge in [-0.15, -0.1) is 0 Å². The number of nitrogens with zero attached hydrogens (tertiary/aromatic N) is 1. The standard InChI is InChI=1S/C19H26N2O3/c1-19(2,3)24-18(22)21-16-8-15(9-17(21)12-23-11-16)14-6-4-13(10-20)5-7-14/h4-8,16-17H,9-12,20H2,1-3H3. The van der Waals surface area contributed by atoms with Crippen molar-refractivity contribution in [3.63, 3.8) is 0 Å². The Kier molecular flexibility index (Phi) is 4.65. The molecule has 1 saturated heterocycles. The number of morpholine rings is 1. The lowest BCUT2D eigenvalue weighted by molar-refractivity contribution is -0.0510. The second kappa shape index (κ2) is 6.57. The van der Waals surface area contributed by atoms with Gasteiger partial charge >= 0.3 is 6.09 Å². The van der Waals surface area contributed by atoms with Crippen LogP contribution in [0.5, 0.6) is 0 Å². The van der Waals surface area contributed by atoms with Crippen molar-refractivity contribution in [1.82, 2.24) is 4.90 Å². The van der Waals surface area contributed by atoms with Gasteiger partial charge in [0.05, 0.1) is 25.3 Å². The maximum atomic E-state index is 12.6. The van der Waals surface area contributed by atoms with Crippen molar-refractivity contribution >= 4 is 11.7 Å². The molecule has 2 atom stereocenters. The lowest BCUT2D eigenvalue weighted by atomic mass is 9.90. The van der Waals surface area contributed by atoms with Gasteiger partial charge in [0, 0.05) is 6.54 Å². The third-order valence-electron chi connectivity index (χ3n) is 4.36. The minimum atomic E-state index is -0.492. The zero-order chi connectivity index (χ0) is 17.3. The second-order valence-corrected chi connectivity index (χ2v) is 7.44. The van der Waals surface area contributed by atoms with Gasteiger partial charge in [0.1, 0.15) is 5.60 Å². The van der Waals surface area contributed by atoms with Gasteiger partial charge in [-0.05, 0) is 43.9 Å². The number of hydrogen-bond donors (Lipinski definition) is 1. The smallest absolute Gasteiger partial charge is 0.411 e. The Labute approximate surface area is 143 Å². The number of hydrogen-bond acceptors (Lipinski definition) is 4. The minimum absolute atomic E-state index is 0.0211. The van der Waals surface area contributed by atoms with E-state index in [0.29, 0.717) is 19.8 Å². The number of carbonyl (C=O) groups excluding carboxylic acids is 1. The zero-order valence-corrected chi connectivity index (χ0v) is 14.6. The summed E-state index contributed by atoms with van der Waals surface area (Å²) in [5.74, 6) is 0. The highest BCUT2D eigenvalue weighted by Crippen LogP contribution is 2.33.